The first-order chi connectivity index (χ1) is 15.8. The van der Waals surface area contributed by atoms with Crippen molar-refractivity contribution in [2.45, 2.75) is 49.8 Å². The molecule has 0 saturated carbocycles. The van der Waals surface area contributed by atoms with Crippen LogP contribution in [0.1, 0.15) is 38.5 Å². The highest BCUT2D eigenvalue weighted by atomic mass is 32.2. The third-order valence-electron chi connectivity index (χ3n) is 6.40. The number of hydrogen-bond donors (Lipinski definition) is 1. The maximum Gasteiger partial charge on any atom is 0.573 e. The third kappa shape index (κ3) is 6.11. The summed E-state index contributed by atoms with van der Waals surface area (Å²) in [5, 5.41) is 0. The predicted octanol–water partition coefficient (Wildman–Crippen LogP) is 3.25. The minimum absolute atomic E-state index is 0.0443. The van der Waals surface area contributed by atoms with E-state index in [0.29, 0.717) is 12.8 Å². The fourth-order valence-corrected chi connectivity index (χ4v) is 6.86. The minimum atomic E-state index is -5.04. The highest BCUT2D eigenvalue weighted by molar-refractivity contribution is 7.89. The van der Waals surface area contributed by atoms with Gasteiger partial charge in [-0.2, -0.15) is 17.0 Å². The molecule has 1 aromatic carbocycles. The summed E-state index contributed by atoms with van der Waals surface area (Å²) < 4.78 is 98.4. The number of halogens is 3. The van der Waals surface area contributed by atoms with Crippen molar-refractivity contribution in [3.63, 3.8) is 0 Å². The van der Waals surface area contributed by atoms with Gasteiger partial charge < -0.3 is 4.74 Å². The molecule has 1 aliphatic heterocycles. The molecule has 1 aliphatic carbocycles. The first-order valence-corrected chi connectivity index (χ1v) is 13.9. The zero-order valence-corrected chi connectivity index (χ0v) is 20.8. The fraction of sp³-hybridized carbons (Fsp3) is 0.619. The van der Waals surface area contributed by atoms with Crippen molar-refractivity contribution in [2.24, 2.45) is 5.41 Å². The van der Waals surface area contributed by atoms with Gasteiger partial charge in [-0.3, -0.25) is 0 Å². The molecule has 34 heavy (non-hydrogen) atoms. The lowest BCUT2D eigenvalue weighted by Crippen LogP contribution is -2.51. The van der Waals surface area contributed by atoms with Crippen LogP contribution in [-0.2, 0) is 20.2 Å². The average Bonchev–Trinajstić information content (AvgIpc) is 2.78. The van der Waals surface area contributed by atoms with E-state index in [0.717, 1.165) is 47.7 Å². The molecule has 0 spiro atoms. The molecule has 0 atom stereocenters. The number of nitrogens with one attached hydrogen (secondary N) is 1. The zero-order chi connectivity index (χ0) is 25.2. The summed E-state index contributed by atoms with van der Waals surface area (Å²) in [6.45, 7) is 0.387. The number of piperidine rings is 1. The van der Waals surface area contributed by atoms with Crippen LogP contribution in [-0.4, -0.2) is 65.5 Å². The Kier molecular flexibility index (Phi) is 8.03. The van der Waals surface area contributed by atoms with Crippen LogP contribution in [0.4, 0.5) is 13.2 Å². The predicted molar refractivity (Wildman–Crippen MR) is 121 cm³/mol. The Morgan fingerprint density at radius 1 is 1.09 bits per heavy atom. The monoisotopic (exact) mass is 525 g/mol. The first kappa shape index (κ1) is 26.9. The van der Waals surface area contributed by atoms with Crippen molar-refractivity contribution in [1.82, 2.24) is 13.3 Å². The lowest BCUT2D eigenvalue weighted by atomic mass is 9.69. The number of hydrogen-bond acceptors (Lipinski definition) is 5. The lowest BCUT2D eigenvalue weighted by molar-refractivity contribution is -0.275. The largest absolute Gasteiger partial charge is 0.573 e. The highest BCUT2D eigenvalue weighted by Crippen LogP contribution is 2.43. The lowest BCUT2D eigenvalue weighted by Gasteiger charge is -2.44. The van der Waals surface area contributed by atoms with Crippen LogP contribution in [0, 0.1) is 5.41 Å². The van der Waals surface area contributed by atoms with E-state index in [1.165, 1.54) is 30.5 Å². The van der Waals surface area contributed by atoms with Gasteiger partial charge in [0.25, 0.3) is 10.2 Å². The van der Waals surface area contributed by atoms with Crippen molar-refractivity contribution < 1.29 is 34.7 Å². The zero-order valence-electron chi connectivity index (χ0n) is 19.1. The fourth-order valence-electron chi connectivity index (χ4n) is 4.50. The van der Waals surface area contributed by atoms with Crippen LogP contribution in [0.25, 0.3) is 0 Å². The van der Waals surface area contributed by atoms with Gasteiger partial charge >= 0.3 is 6.36 Å². The molecule has 1 fully saturated rings. The van der Waals surface area contributed by atoms with E-state index in [1.807, 2.05) is 0 Å². The summed E-state index contributed by atoms with van der Waals surface area (Å²) >= 11 is 0. The quantitative estimate of drug-likeness (QED) is 0.526. The second kappa shape index (κ2) is 10.1. The number of nitrogens with zero attached hydrogens (tertiary/aromatic N) is 2. The molecule has 1 N–H and O–H groups in total. The minimum Gasteiger partial charge on any atom is -0.404 e. The summed E-state index contributed by atoms with van der Waals surface area (Å²) in [5.41, 5.74) is 0.453. The van der Waals surface area contributed by atoms with Gasteiger partial charge in [0, 0.05) is 39.1 Å². The van der Waals surface area contributed by atoms with Gasteiger partial charge in [0.1, 0.15) is 10.6 Å². The van der Waals surface area contributed by atoms with E-state index in [2.05, 4.69) is 15.5 Å². The number of allylic oxidation sites excluding steroid dienone is 1. The molecule has 3 rings (SSSR count). The summed E-state index contributed by atoms with van der Waals surface area (Å²) in [6, 6.07) is 4.59. The third-order valence-corrected chi connectivity index (χ3v) is 9.79. The second-order valence-electron chi connectivity index (χ2n) is 8.76. The smallest absolute Gasteiger partial charge is 0.404 e. The Morgan fingerprint density at radius 2 is 1.74 bits per heavy atom. The normalized spacial score (nSPS) is 20.2. The summed E-state index contributed by atoms with van der Waals surface area (Å²) in [6.07, 6.45) is 1.45. The van der Waals surface area contributed by atoms with Gasteiger partial charge in [0.2, 0.25) is 10.0 Å². The maximum atomic E-state index is 13.0. The van der Waals surface area contributed by atoms with Gasteiger partial charge in [0.15, 0.2) is 0 Å². The average molecular weight is 526 g/mol. The molecule has 0 unspecified atom stereocenters. The molecule has 8 nitrogen and oxygen atoms in total. The first-order valence-electron chi connectivity index (χ1n) is 11.0. The summed E-state index contributed by atoms with van der Waals surface area (Å²) in [4.78, 5) is -0.604. The second-order valence-corrected chi connectivity index (χ2v) is 12.6. The van der Waals surface area contributed by atoms with E-state index < -0.39 is 42.7 Å². The molecule has 2 aliphatic rings. The van der Waals surface area contributed by atoms with Crippen molar-refractivity contribution in [2.75, 3.05) is 33.7 Å². The van der Waals surface area contributed by atoms with Crippen molar-refractivity contribution in [1.29, 1.82) is 0 Å². The Balaban J connectivity index is 1.85. The molecule has 0 bridgehead atoms. The summed E-state index contributed by atoms with van der Waals surface area (Å²) in [5.74, 6) is -0.805. The standard InChI is InChI=1S/C21H30F3N3O5S2/c1-26(2)34(30,31)27-14-12-20(13-15-27,17-8-4-3-5-9-17)16-25-33(28,29)19-11-7-6-10-18(19)32-21(22,23)24/h6-8,10-11,25H,3-5,9,12-16H2,1-2H3. The number of ether oxygens (including phenoxy) is 1. The molecule has 192 valence electrons. The van der Waals surface area contributed by atoms with Crippen LogP contribution >= 0.6 is 0 Å². The van der Waals surface area contributed by atoms with E-state index in [1.54, 1.807) is 0 Å². The van der Waals surface area contributed by atoms with Gasteiger partial charge in [0.05, 0.1) is 0 Å². The number of alkyl halides is 3. The van der Waals surface area contributed by atoms with E-state index >= 15 is 0 Å². The number of rotatable bonds is 8. The number of sulfonamides is 1. The van der Waals surface area contributed by atoms with Crippen LogP contribution < -0.4 is 9.46 Å². The molecular formula is C21H30F3N3O5S2. The van der Waals surface area contributed by atoms with Gasteiger partial charge in [-0.05, 0) is 50.7 Å². The Bertz CT molecular complexity index is 1110. The molecule has 0 amide bonds. The molecule has 1 aromatic rings. The van der Waals surface area contributed by atoms with Gasteiger partial charge in [-0.1, -0.05) is 23.8 Å². The maximum absolute atomic E-state index is 13.0. The number of para-hydroxylation sites is 1. The molecule has 0 aromatic heterocycles. The Hall–Kier alpha value is -1.67. The summed E-state index contributed by atoms with van der Waals surface area (Å²) in [7, 11) is -5.03. The molecule has 1 heterocycles. The van der Waals surface area contributed by atoms with Gasteiger partial charge in [-0.15, -0.1) is 13.2 Å². The van der Waals surface area contributed by atoms with E-state index in [4.69, 9.17) is 0 Å². The van der Waals surface area contributed by atoms with Crippen molar-refractivity contribution in [3.8, 4) is 5.75 Å². The van der Waals surface area contributed by atoms with E-state index in [9.17, 15) is 30.0 Å². The van der Waals surface area contributed by atoms with Gasteiger partial charge in [-0.25, -0.2) is 13.1 Å². The Morgan fingerprint density at radius 3 is 2.29 bits per heavy atom. The van der Waals surface area contributed by atoms with Crippen molar-refractivity contribution >= 4 is 20.2 Å². The highest BCUT2D eigenvalue weighted by Gasteiger charge is 2.42. The van der Waals surface area contributed by atoms with Crippen LogP contribution in [0.3, 0.4) is 0 Å². The molecule has 0 radical (unpaired) electrons. The van der Waals surface area contributed by atoms with Crippen LogP contribution in [0.2, 0.25) is 0 Å². The topological polar surface area (TPSA) is 96.0 Å². The Labute approximate surface area is 199 Å². The van der Waals surface area contributed by atoms with Crippen molar-refractivity contribution in [3.05, 3.63) is 35.9 Å². The number of benzene rings is 1. The SMILES string of the molecule is CN(C)S(=O)(=O)N1CCC(CNS(=O)(=O)c2ccccc2OC(F)(F)F)(C2=CCCCC2)CC1. The molecule has 13 heteroatoms. The molecule has 1 saturated heterocycles. The van der Waals surface area contributed by atoms with Crippen LogP contribution in [0.15, 0.2) is 40.8 Å². The molecular weight excluding hydrogens is 495 g/mol. The van der Waals surface area contributed by atoms with Crippen LogP contribution in [0.5, 0.6) is 5.75 Å². The van der Waals surface area contributed by atoms with E-state index in [-0.39, 0.29) is 19.6 Å².